The van der Waals surface area contributed by atoms with Crippen LogP contribution in [0.5, 0.6) is 11.5 Å². The molecule has 0 bridgehead atoms. The van der Waals surface area contributed by atoms with Crippen LogP contribution in [0.1, 0.15) is 56.0 Å². The molecule has 5 nitrogen and oxygen atoms in total. The minimum atomic E-state index is -2.60. The summed E-state index contributed by atoms with van der Waals surface area (Å²) in [6.07, 6.45) is 4.50. The molecule has 0 unspecified atom stereocenters. The fourth-order valence-electron chi connectivity index (χ4n) is 9.06. The SMILES string of the molecule is [2H]c1nc(-n2c3[c-]c(Oc4[c-]c(N5[CH-]N(c6c(-c7ccccc7)cccc6-c6ccccc6)c6ccccc65)ccc4)ccc3c3ccccc32)c([2H])c(C([2H])([2H])[2H])c1C1CCCCC1.[Pt]. The molecule has 302 valence electrons. The molecule has 0 N–H and O–H groups in total. The van der Waals surface area contributed by atoms with Crippen LogP contribution in [0.15, 0.2) is 170 Å². The second kappa shape index (κ2) is 16.6. The molecule has 7 aromatic carbocycles. The number of anilines is 4. The number of pyridine rings is 1. The summed E-state index contributed by atoms with van der Waals surface area (Å²) in [6, 6.07) is 59.9. The average molecular weight is 976 g/mol. The quantitative estimate of drug-likeness (QED) is 0.142. The smallest absolute Gasteiger partial charge is 0.135 e. The van der Waals surface area contributed by atoms with E-state index in [1.165, 1.54) is 0 Å². The summed E-state index contributed by atoms with van der Waals surface area (Å²) in [5, 5.41) is 1.72. The molecule has 0 spiro atoms. The van der Waals surface area contributed by atoms with Gasteiger partial charge in [0.05, 0.1) is 2.74 Å². The molecular formula is C55H43N4OPt-3. The standard InChI is InChI=1S/C55H43N4O.Pt/c1-38-33-54(56-36-49(38)41-21-9-4-10-22-41)59-50-28-12-11-25-47(50)48-32-31-44(35-53(48)59)60-43-24-15-23-42(34-43)57-37-58(52-30-14-13-29-51(52)57)55-45(39-17-5-2-6-18-39)26-16-27-46(55)40-19-7-3-8-20-40;/h2-3,5-8,11-20,23-33,36-37,41H,4,9-10,21-22H2,1H3;/q-3;/i1D3,33D,36D;. The number of ether oxygens (including phenoxy) is 1. The number of hydrogen-bond donors (Lipinski definition) is 0. The molecule has 0 radical (unpaired) electrons. The maximum Gasteiger partial charge on any atom is 0.135 e. The van der Waals surface area contributed by atoms with Gasteiger partial charge in [0.1, 0.15) is 5.82 Å². The summed E-state index contributed by atoms with van der Waals surface area (Å²) in [5.41, 5.74) is 9.86. The molecule has 1 aliphatic heterocycles. The van der Waals surface area contributed by atoms with E-state index in [2.05, 4.69) is 114 Å². The first-order chi connectivity index (χ1) is 31.7. The van der Waals surface area contributed by atoms with Crippen molar-refractivity contribution < 1.29 is 32.7 Å². The summed E-state index contributed by atoms with van der Waals surface area (Å²) in [4.78, 5) is 9.13. The van der Waals surface area contributed by atoms with Crippen LogP contribution in [0.3, 0.4) is 0 Å². The normalized spacial score (nSPS) is 15.4. The minimum Gasteiger partial charge on any atom is -0.509 e. The Morgan fingerprint density at radius 3 is 2.05 bits per heavy atom. The van der Waals surface area contributed by atoms with Crippen molar-refractivity contribution in [3.63, 3.8) is 0 Å². The predicted octanol–water partition coefficient (Wildman–Crippen LogP) is 14.7. The fourth-order valence-corrected chi connectivity index (χ4v) is 9.06. The second-order valence-electron chi connectivity index (χ2n) is 15.5. The van der Waals surface area contributed by atoms with Crippen LogP contribution in [-0.2, 0) is 21.1 Å². The number of benzene rings is 7. The van der Waals surface area contributed by atoms with Gasteiger partial charge in [0.15, 0.2) is 0 Å². The number of aromatic nitrogens is 2. The van der Waals surface area contributed by atoms with Crippen molar-refractivity contribution in [3.05, 3.63) is 200 Å². The Labute approximate surface area is 379 Å². The fraction of sp³-hybridized carbons (Fsp3) is 0.127. The first-order valence-electron chi connectivity index (χ1n) is 23.2. The van der Waals surface area contributed by atoms with Crippen molar-refractivity contribution in [2.45, 2.75) is 44.9 Å². The van der Waals surface area contributed by atoms with Gasteiger partial charge in [-0.3, -0.25) is 0 Å². The van der Waals surface area contributed by atoms with Gasteiger partial charge in [0, 0.05) is 76.6 Å². The van der Waals surface area contributed by atoms with E-state index in [4.69, 9.17) is 15.2 Å². The van der Waals surface area contributed by atoms with Crippen LogP contribution >= 0.6 is 0 Å². The van der Waals surface area contributed by atoms with Gasteiger partial charge in [-0.1, -0.05) is 134 Å². The molecule has 0 atom stereocenters. The van der Waals surface area contributed by atoms with Crippen molar-refractivity contribution in [1.82, 2.24) is 9.55 Å². The molecule has 1 saturated carbocycles. The summed E-state index contributed by atoms with van der Waals surface area (Å²) in [6.45, 7) is -0.487. The second-order valence-corrected chi connectivity index (χ2v) is 15.5. The molecule has 9 aromatic rings. The molecule has 2 aliphatic rings. The first-order valence-corrected chi connectivity index (χ1v) is 20.7. The zero-order valence-electron chi connectivity index (χ0n) is 38.2. The summed E-state index contributed by atoms with van der Waals surface area (Å²) < 4.78 is 52.8. The number of nitrogens with zero attached hydrogens (tertiary/aromatic N) is 4. The van der Waals surface area contributed by atoms with Crippen molar-refractivity contribution in [1.29, 1.82) is 0 Å². The Morgan fingerprint density at radius 2 is 1.31 bits per heavy atom. The monoisotopic (exact) mass is 975 g/mol. The Bertz CT molecular complexity index is 3180. The van der Waals surface area contributed by atoms with E-state index in [-0.39, 0.29) is 50.6 Å². The van der Waals surface area contributed by atoms with Crippen molar-refractivity contribution >= 4 is 44.6 Å². The number of hydrogen-bond acceptors (Lipinski definition) is 4. The zero-order chi connectivity index (χ0) is 44.2. The van der Waals surface area contributed by atoms with Gasteiger partial charge in [-0.25, -0.2) is 4.98 Å². The van der Waals surface area contributed by atoms with Gasteiger partial charge < -0.3 is 19.1 Å². The van der Waals surface area contributed by atoms with E-state index >= 15 is 0 Å². The molecule has 0 saturated heterocycles. The number of rotatable bonds is 8. The Kier molecular flexibility index (Phi) is 9.04. The third-order valence-corrected chi connectivity index (χ3v) is 11.9. The molecule has 2 aromatic heterocycles. The maximum atomic E-state index is 9.47. The third kappa shape index (κ3) is 7.11. The third-order valence-electron chi connectivity index (χ3n) is 11.9. The van der Waals surface area contributed by atoms with Gasteiger partial charge >= 0.3 is 0 Å². The van der Waals surface area contributed by atoms with Gasteiger partial charge in [-0.05, 0) is 77.5 Å². The number of para-hydroxylation sites is 4. The Hall–Kier alpha value is -6.42. The van der Waals surface area contributed by atoms with Crippen LogP contribution in [-0.4, -0.2) is 9.55 Å². The summed E-state index contributed by atoms with van der Waals surface area (Å²) in [5.74, 6) is 0.847. The summed E-state index contributed by atoms with van der Waals surface area (Å²) >= 11 is 0. The molecule has 0 amide bonds. The Morgan fingerprint density at radius 1 is 0.656 bits per heavy atom. The Balaban J connectivity index is 0.00000511. The average Bonchev–Trinajstić information content (AvgIpc) is 3.88. The van der Waals surface area contributed by atoms with E-state index in [1.807, 2.05) is 72.8 Å². The molecular weight excluding hydrogens is 928 g/mol. The van der Waals surface area contributed by atoms with E-state index in [0.717, 1.165) is 93.4 Å². The van der Waals surface area contributed by atoms with Gasteiger partial charge in [0.2, 0.25) is 0 Å². The van der Waals surface area contributed by atoms with Crippen LogP contribution in [0.4, 0.5) is 22.7 Å². The molecule has 61 heavy (non-hydrogen) atoms. The topological polar surface area (TPSA) is 33.5 Å². The van der Waals surface area contributed by atoms with E-state index in [9.17, 15) is 1.37 Å². The molecule has 6 heteroatoms. The van der Waals surface area contributed by atoms with Gasteiger partial charge in [-0.15, -0.1) is 48.1 Å². The predicted molar refractivity (Wildman–Crippen MR) is 246 cm³/mol. The van der Waals surface area contributed by atoms with E-state index < -0.39 is 6.85 Å². The first kappa shape index (κ1) is 33.3. The van der Waals surface area contributed by atoms with Crippen LogP contribution in [0.2, 0.25) is 0 Å². The van der Waals surface area contributed by atoms with E-state index in [0.29, 0.717) is 22.6 Å². The number of fused-ring (bicyclic) bond motifs is 4. The van der Waals surface area contributed by atoms with Crippen LogP contribution in [0, 0.1) is 25.7 Å². The van der Waals surface area contributed by atoms with Gasteiger partial charge in [-0.2, -0.15) is 12.1 Å². The van der Waals surface area contributed by atoms with Crippen LogP contribution < -0.4 is 14.5 Å². The van der Waals surface area contributed by atoms with Crippen molar-refractivity contribution in [3.8, 4) is 39.6 Å². The molecule has 1 aliphatic carbocycles. The zero-order valence-corrected chi connectivity index (χ0v) is 35.5. The molecule has 11 rings (SSSR count). The molecule has 3 heterocycles. The molecule has 1 fully saturated rings. The van der Waals surface area contributed by atoms with Crippen LogP contribution in [0.25, 0.3) is 49.9 Å². The minimum absolute atomic E-state index is 0. The van der Waals surface area contributed by atoms with Crippen molar-refractivity contribution in [2.75, 3.05) is 9.80 Å². The summed E-state index contributed by atoms with van der Waals surface area (Å²) in [7, 11) is 0. The van der Waals surface area contributed by atoms with E-state index in [1.54, 1.807) is 4.57 Å². The van der Waals surface area contributed by atoms with Gasteiger partial charge in [0.25, 0.3) is 0 Å². The van der Waals surface area contributed by atoms with Crippen molar-refractivity contribution in [2.24, 2.45) is 0 Å². The maximum absolute atomic E-state index is 9.47. The largest absolute Gasteiger partial charge is 0.509 e.